The molecular formula is C17H17F3N2O3S. The Morgan fingerprint density at radius 2 is 1.62 bits per heavy atom. The van der Waals surface area contributed by atoms with Gasteiger partial charge in [0, 0.05) is 13.6 Å². The maximum Gasteiger partial charge on any atom is 0.417 e. The number of amides is 1. The third kappa shape index (κ3) is 5.06. The predicted molar refractivity (Wildman–Crippen MR) is 89.5 cm³/mol. The third-order valence-corrected chi connectivity index (χ3v) is 5.04. The number of carbonyl (C=O) groups excluding carboxylic acids is 1. The maximum absolute atomic E-state index is 13.0. The van der Waals surface area contributed by atoms with Crippen molar-refractivity contribution in [3.05, 3.63) is 65.7 Å². The summed E-state index contributed by atoms with van der Waals surface area (Å²) in [6.45, 7) is -0.390. The van der Waals surface area contributed by atoms with Gasteiger partial charge >= 0.3 is 6.18 Å². The molecule has 0 aromatic heterocycles. The highest BCUT2D eigenvalue weighted by Crippen LogP contribution is 2.33. The largest absolute Gasteiger partial charge is 0.417 e. The molecule has 0 bridgehead atoms. The Morgan fingerprint density at radius 1 is 1.04 bits per heavy atom. The second kappa shape index (κ2) is 7.88. The number of rotatable bonds is 6. The van der Waals surface area contributed by atoms with Crippen LogP contribution in [-0.4, -0.2) is 32.8 Å². The molecule has 0 saturated carbocycles. The van der Waals surface area contributed by atoms with E-state index in [0.717, 1.165) is 17.7 Å². The first-order valence-corrected chi connectivity index (χ1v) is 9.03. The molecule has 1 N–H and O–H groups in total. The van der Waals surface area contributed by atoms with Gasteiger partial charge in [0.1, 0.15) is 0 Å². The van der Waals surface area contributed by atoms with Crippen molar-refractivity contribution in [1.82, 2.24) is 9.62 Å². The number of likely N-dealkylation sites (N-methyl/N-ethyl adjacent to an activating group) is 1. The van der Waals surface area contributed by atoms with Crippen molar-refractivity contribution in [1.29, 1.82) is 0 Å². The molecule has 1 amide bonds. The lowest BCUT2D eigenvalue weighted by Gasteiger charge is -2.18. The first kappa shape index (κ1) is 19.9. The van der Waals surface area contributed by atoms with Crippen LogP contribution in [0.1, 0.15) is 11.1 Å². The van der Waals surface area contributed by atoms with Crippen molar-refractivity contribution in [2.45, 2.75) is 17.6 Å². The number of carbonyl (C=O) groups is 1. The molecule has 0 saturated heterocycles. The molecule has 2 rings (SSSR count). The van der Waals surface area contributed by atoms with Crippen LogP contribution in [0.5, 0.6) is 0 Å². The highest BCUT2D eigenvalue weighted by molar-refractivity contribution is 7.89. The second-order valence-corrected chi connectivity index (χ2v) is 7.29. The Kier molecular flexibility index (Phi) is 6.04. The van der Waals surface area contributed by atoms with Crippen LogP contribution in [0.4, 0.5) is 13.2 Å². The fourth-order valence-corrected chi connectivity index (χ4v) is 3.45. The van der Waals surface area contributed by atoms with E-state index in [9.17, 15) is 26.4 Å². The van der Waals surface area contributed by atoms with Crippen LogP contribution in [0, 0.1) is 0 Å². The zero-order chi connectivity index (χ0) is 19.4. The Hall–Kier alpha value is -2.39. The van der Waals surface area contributed by atoms with Crippen molar-refractivity contribution >= 4 is 15.9 Å². The van der Waals surface area contributed by atoms with Crippen molar-refractivity contribution in [3.63, 3.8) is 0 Å². The average Bonchev–Trinajstić information content (AvgIpc) is 2.60. The lowest BCUT2D eigenvalue weighted by atomic mass is 10.2. The molecule has 0 unspecified atom stereocenters. The van der Waals surface area contributed by atoms with Crippen molar-refractivity contribution in [3.8, 4) is 0 Å². The molecule has 0 heterocycles. The summed E-state index contributed by atoms with van der Waals surface area (Å²) < 4.78 is 65.3. The molecule has 5 nitrogen and oxygen atoms in total. The fraction of sp³-hybridized carbons (Fsp3) is 0.235. The SMILES string of the molecule is CN(Cc1ccccc1)C(=O)CNS(=O)(=O)c1ccccc1C(F)(F)F. The minimum absolute atomic E-state index is 0.251. The topological polar surface area (TPSA) is 66.5 Å². The van der Waals surface area contributed by atoms with Gasteiger partial charge in [0.2, 0.25) is 15.9 Å². The number of sulfonamides is 1. The summed E-state index contributed by atoms with van der Waals surface area (Å²) in [7, 11) is -3.01. The highest BCUT2D eigenvalue weighted by Gasteiger charge is 2.36. The van der Waals surface area contributed by atoms with Crippen molar-refractivity contribution in [2.24, 2.45) is 0 Å². The number of nitrogens with zero attached hydrogens (tertiary/aromatic N) is 1. The lowest BCUT2D eigenvalue weighted by Crippen LogP contribution is -2.38. The highest BCUT2D eigenvalue weighted by atomic mass is 32.2. The molecule has 0 aliphatic carbocycles. The quantitative estimate of drug-likeness (QED) is 0.830. The molecule has 0 atom stereocenters. The van der Waals surface area contributed by atoms with E-state index in [-0.39, 0.29) is 6.54 Å². The summed E-state index contributed by atoms with van der Waals surface area (Å²) in [6, 6.07) is 12.8. The van der Waals surface area contributed by atoms with Crippen LogP contribution in [0.15, 0.2) is 59.5 Å². The number of hydrogen-bond donors (Lipinski definition) is 1. The van der Waals surface area contributed by atoms with Gasteiger partial charge in [0.05, 0.1) is 17.0 Å². The smallest absolute Gasteiger partial charge is 0.340 e. The molecule has 0 fully saturated rings. The number of alkyl halides is 3. The first-order valence-electron chi connectivity index (χ1n) is 7.55. The molecule has 26 heavy (non-hydrogen) atoms. The second-order valence-electron chi connectivity index (χ2n) is 5.55. The molecule has 2 aromatic carbocycles. The summed E-state index contributed by atoms with van der Waals surface area (Å²) in [5, 5.41) is 0. The standard InChI is InChI=1S/C17H17F3N2O3S/c1-22(12-13-7-3-2-4-8-13)16(23)11-21-26(24,25)15-10-6-5-9-14(15)17(18,19)20/h2-10,21H,11-12H2,1H3. The Labute approximate surface area is 149 Å². The van der Waals surface area contributed by atoms with Crippen molar-refractivity contribution < 1.29 is 26.4 Å². The number of hydrogen-bond acceptors (Lipinski definition) is 3. The zero-order valence-electron chi connectivity index (χ0n) is 13.8. The van der Waals surface area contributed by atoms with Gasteiger partial charge < -0.3 is 4.90 Å². The molecule has 0 spiro atoms. The van der Waals surface area contributed by atoms with Crippen LogP contribution < -0.4 is 4.72 Å². The summed E-state index contributed by atoms with van der Waals surface area (Å²) in [6.07, 6.45) is -4.82. The van der Waals surface area contributed by atoms with E-state index in [0.29, 0.717) is 6.07 Å². The molecule has 9 heteroatoms. The molecule has 0 aliphatic rings. The van der Waals surface area contributed by atoms with Gasteiger partial charge in [-0.25, -0.2) is 13.1 Å². The molecule has 0 aliphatic heterocycles. The first-order chi connectivity index (χ1) is 12.1. The molecule has 0 radical (unpaired) electrons. The Morgan fingerprint density at radius 3 is 2.23 bits per heavy atom. The van der Waals surface area contributed by atoms with Gasteiger partial charge in [-0.15, -0.1) is 0 Å². The van der Waals surface area contributed by atoms with E-state index in [1.807, 2.05) is 10.8 Å². The van der Waals surface area contributed by atoms with E-state index < -0.39 is 39.1 Å². The van der Waals surface area contributed by atoms with Crippen LogP contribution in [0.2, 0.25) is 0 Å². The van der Waals surface area contributed by atoms with Gasteiger partial charge in [0.25, 0.3) is 0 Å². The summed E-state index contributed by atoms with van der Waals surface area (Å²) in [4.78, 5) is 12.5. The molecule has 2 aromatic rings. The Bertz CT molecular complexity index is 868. The number of nitrogens with one attached hydrogen (secondary N) is 1. The monoisotopic (exact) mass is 386 g/mol. The average molecular weight is 386 g/mol. The lowest BCUT2D eigenvalue weighted by molar-refractivity contribution is -0.139. The Balaban J connectivity index is 2.08. The van der Waals surface area contributed by atoms with Gasteiger partial charge in [0.15, 0.2) is 0 Å². The van der Waals surface area contributed by atoms with E-state index in [2.05, 4.69) is 0 Å². The van der Waals surface area contributed by atoms with Gasteiger partial charge in [-0.1, -0.05) is 42.5 Å². The van der Waals surface area contributed by atoms with Crippen LogP contribution >= 0.6 is 0 Å². The maximum atomic E-state index is 13.0. The van der Waals surface area contributed by atoms with E-state index in [1.165, 1.54) is 18.0 Å². The molecule has 140 valence electrons. The molecular weight excluding hydrogens is 369 g/mol. The number of benzene rings is 2. The van der Waals surface area contributed by atoms with Crippen LogP contribution in [-0.2, 0) is 27.5 Å². The van der Waals surface area contributed by atoms with Crippen LogP contribution in [0.3, 0.4) is 0 Å². The normalized spacial score (nSPS) is 12.0. The van der Waals surface area contributed by atoms with E-state index >= 15 is 0 Å². The summed E-state index contributed by atoms with van der Waals surface area (Å²) >= 11 is 0. The fourth-order valence-electron chi connectivity index (χ4n) is 2.25. The van der Waals surface area contributed by atoms with Gasteiger partial charge in [-0.05, 0) is 17.7 Å². The van der Waals surface area contributed by atoms with Gasteiger partial charge in [-0.3, -0.25) is 4.79 Å². The van der Waals surface area contributed by atoms with Crippen LogP contribution in [0.25, 0.3) is 0 Å². The van der Waals surface area contributed by atoms with Gasteiger partial charge in [-0.2, -0.15) is 13.2 Å². The predicted octanol–water partition coefficient (Wildman–Crippen LogP) is 2.64. The van der Waals surface area contributed by atoms with Crippen molar-refractivity contribution in [2.75, 3.05) is 13.6 Å². The summed E-state index contributed by atoms with van der Waals surface area (Å²) in [5.41, 5.74) is -0.439. The minimum atomic E-state index is -4.82. The number of halogens is 3. The third-order valence-electron chi connectivity index (χ3n) is 3.58. The van der Waals surface area contributed by atoms with E-state index in [4.69, 9.17) is 0 Å². The van der Waals surface area contributed by atoms with E-state index in [1.54, 1.807) is 24.3 Å². The zero-order valence-corrected chi connectivity index (χ0v) is 14.6. The minimum Gasteiger partial charge on any atom is -0.340 e. The summed E-state index contributed by atoms with van der Waals surface area (Å²) in [5.74, 6) is -0.568.